The van der Waals surface area contributed by atoms with Gasteiger partial charge in [-0.3, -0.25) is 4.79 Å². The minimum atomic E-state index is -4.79. The first-order chi connectivity index (χ1) is 18.2. The third-order valence-corrected chi connectivity index (χ3v) is 7.32. The minimum absolute atomic E-state index is 0.0478. The van der Waals surface area contributed by atoms with Gasteiger partial charge in [-0.15, -0.1) is 0 Å². The number of hydrogen-bond donors (Lipinski definition) is 0. The van der Waals surface area contributed by atoms with Crippen molar-refractivity contribution in [2.75, 3.05) is 26.9 Å². The number of Topliss-reactive ketones (excluding diaryl/α,β-unsaturated/α-hetero) is 1. The zero-order valence-corrected chi connectivity index (χ0v) is 20.7. The van der Waals surface area contributed by atoms with E-state index in [1.807, 2.05) is 0 Å². The Morgan fingerprint density at radius 3 is 2.58 bits per heavy atom. The van der Waals surface area contributed by atoms with Gasteiger partial charge in [-0.2, -0.15) is 18.3 Å². The zero-order valence-electron chi connectivity index (χ0n) is 20.7. The van der Waals surface area contributed by atoms with Crippen molar-refractivity contribution in [2.24, 2.45) is 5.41 Å². The Hall–Kier alpha value is -3.05. The van der Waals surface area contributed by atoms with Gasteiger partial charge in [0.05, 0.1) is 24.2 Å². The molecule has 11 heteroatoms. The van der Waals surface area contributed by atoms with E-state index >= 15 is 0 Å². The summed E-state index contributed by atoms with van der Waals surface area (Å²) in [6.45, 7) is 0.804. The Kier molecular flexibility index (Phi) is 7.17. The van der Waals surface area contributed by atoms with Crippen molar-refractivity contribution in [3.63, 3.8) is 0 Å². The summed E-state index contributed by atoms with van der Waals surface area (Å²) in [5.74, 6) is -4.98. The summed E-state index contributed by atoms with van der Waals surface area (Å²) < 4.78 is 88.8. The van der Waals surface area contributed by atoms with Crippen molar-refractivity contribution in [2.45, 2.75) is 50.4 Å². The van der Waals surface area contributed by atoms with Gasteiger partial charge in [-0.05, 0) is 55.9 Å². The van der Waals surface area contributed by atoms with Crippen LogP contribution in [-0.4, -0.2) is 48.7 Å². The number of benzene rings is 2. The maximum absolute atomic E-state index is 14.3. The predicted octanol–water partition coefficient (Wildman–Crippen LogP) is 6.08. The standard InChI is InChI=1S/C27H27F5N2O4/c1-36-10-11-37-22-14-21-17(15-33-34(21)23-4-2-3-9-38-23)12-18(22)24(16-5-6-19(28)20(29)13-16)25(35)26(7-8-26)27(30,31)32/h5-6,12-15,23-24H,2-4,7-11H2,1H3. The van der Waals surface area contributed by atoms with Crippen molar-refractivity contribution in [1.29, 1.82) is 0 Å². The number of ether oxygens (including phenoxy) is 3. The fourth-order valence-electron chi connectivity index (χ4n) is 5.06. The fraction of sp³-hybridized carbons (Fsp3) is 0.481. The molecule has 5 rings (SSSR count). The first kappa shape index (κ1) is 26.6. The second kappa shape index (κ2) is 10.3. The monoisotopic (exact) mass is 538 g/mol. The lowest BCUT2D eigenvalue weighted by atomic mass is 9.79. The van der Waals surface area contributed by atoms with Gasteiger partial charge < -0.3 is 14.2 Å². The third-order valence-electron chi connectivity index (χ3n) is 7.32. The highest BCUT2D eigenvalue weighted by Crippen LogP contribution is 2.61. The molecular weight excluding hydrogens is 511 g/mol. The molecule has 2 unspecified atom stereocenters. The summed E-state index contributed by atoms with van der Waals surface area (Å²) in [6.07, 6.45) is -1.67. The summed E-state index contributed by atoms with van der Waals surface area (Å²) >= 11 is 0. The highest BCUT2D eigenvalue weighted by atomic mass is 19.4. The van der Waals surface area contributed by atoms with Crippen LogP contribution in [0.25, 0.3) is 10.9 Å². The van der Waals surface area contributed by atoms with Crippen LogP contribution in [0.2, 0.25) is 0 Å². The van der Waals surface area contributed by atoms with E-state index < -0.39 is 34.9 Å². The molecule has 2 heterocycles. The number of aromatic nitrogens is 2. The van der Waals surface area contributed by atoms with Crippen LogP contribution < -0.4 is 4.74 Å². The largest absolute Gasteiger partial charge is 0.491 e. The van der Waals surface area contributed by atoms with E-state index in [-0.39, 0.29) is 49.2 Å². The van der Waals surface area contributed by atoms with E-state index in [0.29, 0.717) is 17.5 Å². The van der Waals surface area contributed by atoms with E-state index in [0.717, 1.165) is 37.5 Å². The van der Waals surface area contributed by atoms with Crippen LogP contribution in [0.15, 0.2) is 36.5 Å². The highest BCUT2D eigenvalue weighted by Gasteiger charge is 2.69. The summed E-state index contributed by atoms with van der Waals surface area (Å²) in [4.78, 5) is 13.7. The lowest BCUT2D eigenvalue weighted by molar-refractivity contribution is -0.191. The maximum Gasteiger partial charge on any atom is 0.401 e. The molecule has 38 heavy (non-hydrogen) atoms. The van der Waals surface area contributed by atoms with Crippen LogP contribution >= 0.6 is 0 Å². The van der Waals surface area contributed by atoms with Crippen LogP contribution in [0, 0.1) is 17.0 Å². The van der Waals surface area contributed by atoms with Gasteiger partial charge in [0.15, 0.2) is 23.6 Å². The van der Waals surface area contributed by atoms with Gasteiger partial charge >= 0.3 is 6.18 Å². The van der Waals surface area contributed by atoms with Crippen molar-refractivity contribution >= 4 is 16.7 Å². The Morgan fingerprint density at radius 1 is 1.16 bits per heavy atom. The van der Waals surface area contributed by atoms with E-state index in [9.17, 15) is 26.7 Å². The smallest absolute Gasteiger partial charge is 0.401 e. The Morgan fingerprint density at radius 2 is 1.95 bits per heavy atom. The number of alkyl halides is 3. The Labute approximate surface area is 215 Å². The molecule has 0 amide bonds. The maximum atomic E-state index is 14.3. The van der Waals surface area contributed by atoms with Crippen molar-refractivity contribution < 1.29 is 41.0 Å². The molecule has 2 aliphatic rings. The van der Waals surface area contributed by atoms with Gasteiger partial charge in [0.2, 0.25) is 0 Å². The van der Waals surface area contributed by atoms with Crippen molar-refractivity contribution in [1.82, 2.24) is 9.78 Å². The summed E-state index contributed by atoms with van der Waals surface area (Å²) in [5, 5.41) is 4.98. The summed E-state index contributed by atoms with van der Waals surface area (Å²) in [5.41, 5.74) is -1.92. The third kappa shape index (κ3) is 4.77. The number of hydrogen-bond acceptors (Lipinski definition) is 5. The molecule has 6 nitrogen and oxygen atoms in total. The molecule has 1 saturated heterocycles. The Bertz CT molecular complexity index is 1330. The molecule has 2 aromatic carbocycles. The van der Waals surface area contributed by atoms with Gasteiger partial charge in [-0.25, -0.2) is 13.5 Å². The molecule has 0 spiro atoms. The lowest BCUT2D eigenvalue weighted by Gasteiger charge is -2.27. The number of rotatable bonds is 9. The van der Waals surface area contributed by atoms with Gasteiger partial charge in [-0.1, -0.05) is 6.07 Å². The molecule has 2 fully saturated rings. The minimum Gasteiger partial charge on any atom is -0.491 e. The van der Waals surface area contributed by atoms with Crippen LogP contribution in [0.5, 0.6) is 5.75 Å². The van der Waals surface area contributed by atoms with E-state index in [1.165, 1.54) is 7.11 Å². The summed E-state index contributed by atoms with van der Waals surface area (Å²) in [7, 11) is 1.47. The van der Waals surface area contributed by atoms with E-state index in [4.69, 9.17) is 14.2 Å². The van der Waals surface area contributed by atoms with Crippen LogP contribution in [0.3, 0.4) is 0 Å². The first-order valence-corrected chi connectivity index (χ1v) is 12.5. The molecule has 1 aliphatic heterocycles. The molecule has 0 N–H and O–H groups in total. The number of nitrogens with zero attached hydrogens (tertiary/aromatic N) is 2. The van der Waals surface area contributed by atoms with E-state index in [1.54, 1.807) is 23.0 Å². The van der Waals surface area contributed by atoms with Gasteiger partial charge in [0.25, 0.3) is 0 Å². The molecule has 3 aromatic rings. The van der Waals surface area contributed by atoms with Gasteiger partial charge in [0, 0.05) is 30.7 Å². The van der Waals surface area contributed by atoms with Crippen molar-refractivity contribution in [3.8, 4) is 5.75 Å². The first-order valence-electron chi connectivity index (χ1n) is 12.5. The number of carbonyl (C=O) groups is 1. The lowest BCUT2D eigenvalue weighted by Crippen LogP contribution is -2.36. The molecule has 1 aromatic heterocycles. The predicted molar refractivity (Wildman–Crippen MR) is 127 cm³/mol. The SMILES string of the molecule is COCCOc1cc2c(cnn2C2CCCCO2)cc1C(C(=O)C1(C(F)(F)F)CC1)c1ccc(F)c(F)c1. The number of ketones is 1. The molecule has 204 valence electrons. The van der Waals surface area contributed by atoms with Crippen LogP contribution in [0.1, 0.15) is 55.4 Å². The summed E-state index contributed by atoms with van der Waals surface area (Å²) in [6, 6.07) is 5.86. The number of methoxy groups -OCH3 is 1. The van der Waals surface area contributed by atoms with Crippen LogP contribution in [-0.2, 0) is 14.3 Å². The molecule has 1 aliphatic carbocycles. The molecule has 2 atom stereocenters. The normalized spacial score (nSPS) is 19.9. The van der Waals surface area contributed by atoms with E-state index in [2.05, 4.69) is 5.10 Å². The Balaban J connectivity index is 1.67. The average Bonchev–Trinajstić information content (AvgIpc) is 3.63. The number of carbonyl (C=O) groups excluding carboxylic acids is 1. The van der Waals surface area contributed by atoms with Crippen molar-refractivity contribution in [3.05, 3.63) is 59.3 Å². The topological polar surface area (TPSA) is 62.6 Å². The van der Waals surface area contributed by atoms with Crippen LogP contribution in [0.4, 0.5) is 22.0 Å². The second-order valence-corrected chi connectivity index (χ2v) is 9.75. The molecule has 1 saturated carbocycles. The number of fused-ring (bicyclic) bond motifs is 1. The molecule has 0 radical (unpaired) electrons. The van der Waals surface area contributed by atoms with Gasteiger partial charge in [0.1, 0.15) is 17.8 Å². The zero-order chi connectivity index (χ0) is 27.1. The number of halogens is 5. The highest BCUT2D eigenvalue weighted by molar-refractivity contribution is 5.98. The second-order valence-electron chi connectivity index (χ2n) is 9.75. The average molecular weight is 539 g/mol. The quantitative estimate of drug-likeness (QED) is 0.244. The molecule has 0 bridgehead atoms. The fourth-order valence-corrected chi connectivity index (χ4v) is 5.06. The molecular formula is C27H27F5N2O4.